The highest BCUT2D eigenvalue weighted by Gasteiger charge is 2.11. The first-order valence-corrected chi connectivity index (χ1v) is 7.76. The minimum Gasteiger partial charge on any atom is -0.438 e. The van der Waals surface area contributed by atoms with Crippen LogP contribution < -0.4 is 10.3 Å². The fraction of sp³-hybridized carbons (Fsp3) is 0.111. The minimum absolute atomic E-state index is 0.184. The molecule has 4 rings (SSSR count). The molecule has 2 N–H and O–H groups in total. The Kier molecular flexibility index (Phi) is 3.53. The zero-order valence-corrected chi connectivity index (χ0v) is 13.7. The predicted molar refractivity (Wildman–Crippen MR) is 93.7 cm³/mol. The van der Waals surface area contributed by atoms with Gasteiger partial charge in [-0.05, 0) is 37.6 Å². The van der Waals surface area contributed by atoms with Gasteiger partial charge in [0.15, 0.2) is 0 Å². The van der Waals surface area contributed by atoms with E-state index in [2.05, 4.69) is 25.4 Å². The largest absolute Gasteiger partial charge is 0.438 e. The maximum atomic E-state index is 11.8. The van der Waals surface area contributed by atoms with E-state index in [1.807, 2.05) is 37.3 Å². The monoisotopic (exact) mass is 333 g/mol. The van der Waals surface area contributed by atoms with Crippen LogP contribution in [0.1, 0.15) is 11.3 Å². The highest BCUT2D eigenvalue weighted by molar-refractivity contribution is 5.82. The zero-order valence-electron chi connectivity index (χ0n) is 13.7. The third-order valence-corrected chi connectivity index (χ3v) is 4.09. The number of aromatic amines is 2. The Balaban J connectivity index is 1.68. The Morgan fingerprint density at radius 1 is 1.04 bits per heavy atom. The fourth-order valence-electron chi connectivity index (χ4n) is 2.81. The molecule has 25 heavy (non-hydrogen) atoms. The van der Waals surface area contributed by atoms with Gasteiger partial charge < -0.3 is 4.74 Å². The Morgan fingerprint density at radius 3 is 2.64 bits per heavy atom. The maximum Gasteiger partial charge on any atom is 0.267 e. The summed E-state index contributed by atoms with van der Waals surface area (Å²) in [4.78, 5) is 16.1. The van der Waals surface area contributed by atoms with Gasteiger partial charge in [0.2, 0.25) is 5.88 Å². The second kappa shape index (κ2) is 5.86. The lowest BCUT2D eigenvalue weighted by Gasteiger charge is -2.10. The van der Waals surface area contributed by atoms with Gasteiger partial charge in [-0.15, -0.1) is 0 Å². The molecule has 0 spiro atoms. The van der Waals surface area contributed by atoms with Gasteiger partial charge in [-0.2, -0.15) is 10.2 Å². The van der Waals surface area contributed by atoms with Gasteiger partial charge >= 0.3 is 0 Å². The average Bonchev–Trinajstić information content (AvgIpc) is 3.10. The van der Waals surface area contributed by atoms with Crippen LogP contribution in [0.25, 0.3) is 22.0 Å². The summed E-state index contributed by atoms with van der Waals surface area (Å²) in [6.45, 7) is 3.66. The summed E-state index contributed by atoms with van der Waals surface area (Å²) in [7, 11) is 0. The normalized spacial score (nSPS) is 11.0. The highest BCUT2D eigenvalue weighted by Crippen LogP contribution is 2.29. The predicted octanol–water partition coefficient (Wildman–Crippen LogP) is 3.12. The van der Waals surface area contributed by atoms with Crippen LogP contribution in [0.5, 0.6) is 11.6 Å². The van der Waals surface area contributed by atoms with Crippen molar-refractivity contribution in [1.29, 1.82) is 0 Å². The van der Waals surface area contributed by atoms with Gasteiger partial charge in [0.1, 0.15) is 5.75 Å². The number of hydrogen-bond acceptors (Lipinski definition) is 5. The van der Waals surface area contributed by atoms with Crippen molar-refractivity contribution in [3.8, 4) is 22.8 Å². The van der Waals surface area contributed by atoms with Gasteiger partial charge in [0, 0.05) is 17.3 Å². The quantitative estimate of drug-likeness (QED) is 0.600. The van der Waals surface area contributed by atoms with Crippen LogP contribution in [-0.2, 0) is 0 Å². The summed E-state index contributed by atoms with van der Waals surface area (Å²) >= 11 is 0. The van der Waals surface area contributed by atoms with Crippen LogP contribution in [0.2, 0.25) is 0 Å². The lowest BCUT2D eigenvalue weighted by atomic mass is 10.0. The molecular weight excluding hydrogens is 318 g/mol. The molecule has 124 valence electrons. The molecule has 0 bridgehead atoms. The number of aromatic nitrogens is 5. The second-order valence-corrected chi connectivity index (χ2v) is 5.71. The first kappa shape index (κ1) is 15.1. The molecule has 7 nitrogen and oxygen atoms in total. The first-order chi connectivity index (χ1) is 12.1. The molecule has 0 fully saturated rings. The van der Waals surface area contributed by atoms with E-state index in [1.165, 1.54) is 0 Å². The van der Waals surface area contributed by atoms with Crippen molar-refractivity contribution in [2.24, 2.45) is 0 Å². The highest BCUT2D eigenvalue weighted by atomic mass is 16.5. The van der Waals surface area contributed by atoms with E-state index in [1.54, 1.807) is 19.3 Å². The summed E-state index contributed by atoms with van der Waals surface area (Å²) in [6.07, 6.45) is 3.35. The van der Waals surface area contributed by atoms with E-state index in [0.29, 0.717) is 17.2 Å². The molecule has 0 saturated heterocycles. The lowest BCUT2D eigenvalue weighted by molar-refractivity contribution is 0.469. The van der Waals surface area contributed by atoms with Crippen molar-refractivity contribution in [3.63, 3.8) is 0 Å². The Morgan fingerprint density at radius 2 is 1.84 bits per heavy atom. The van der Waals surface area contributed by atoms with Crippen molar-refractivity contribution >= 4 is 10.9 Å². The summed E-state index contributed by atoms with van der Waals surface area (Å²) in [6, 6.07) is 9.33. The summed E-state index contributed by atoms with van der Waals surface area (Å²) in [5.41, 5.74) is 3.85. The average molecular weight is 333 g/mol. The number of H-pyrrole nitrogens is 2. The summed E-state index contributed by atoms with van der Waals surface area (Å²) < 4.78 is 5.87. The smallest absolute Gasteiger partial charge is 0.267 e. The molecule has 0 aliphatic carbocycles. The molecule has 3 aromatic heterocycles. The van der Waals surface area contributed by atoms with E-state index in [0.717, 1.165) is 27.7 Å². The minimum atomic E-state index is -0.184. The second-order valence-electron chi connectivity index (χ2n) is 5.71. The van der Waals surface area contributed by atoms with Gasteiger partial charge in [0.05, 0.1) is 22.8 Å². The van der Waals surface area contributed by atoms with E-state index in [-0.39, 0.29) is 5.56 Å². The van der Waals surface area contributed by atoms with Crippen LogP contribution >= 0.6 is 0 Å². The van der Waals surface area contributed by atoms with Gasteiger partial charge in [0.25, 0.3) is 5.56 Å². The number of nitrogens with one attached hydrogen (secondary N) is 2. The van der Waals surface area contributed by atoms with Crippen LogP contribution in [0.3, 0.4) is 0 Å². The van der Waals surface area contributed by atoms with Crippen molar-refractivity contribution < 1.29 is 4.74 Å². The SMILES string of the molecule is Cc1n[nH]c(=O)c(C)c1-c1ccc(Oc2nccc3[nH]ncc23)cc1. The molecule has 7 heteroatoms. The van der Waals surface area contributed by atoms with Gasteiger partial charge in [-0.3, -0.25) is 9.89 Å². The number of ether oxygens (including phenoxy) is 1. The van der Waals surface area contributed by atoms with E-state index in [4.69, 9.17) is 4.74 Å². The van der Waals surface area contributed by atoms with Crippen molar-refractivity contribution in [2.75, 3.05) is 0 Å². The van der Waals surface area contributed by atoms with Crippen molar-refractivity contribution in [2.45, 2.75) is 13.8 Å². The van der Waals surface area contributed by atoms with Crippen LogP contribution in [0.4, 0.5) is 0 Å². The molecule has 0 radical (unpaired) electrons. The molecule has 0 saturated carbocycles. The third kappa shape index (κ3) is 2.65. The molecule has 0 aliphatic rings. The zero-order chi connectivity index (χ0) is 17.4. The Bertz CT molecular complexity index is 1110. The summed E-state index contributed by atoms with van der Waals surface area (Å²) in [5, 5.41) is 14.2. The lowest BCUT2D eigenvalue weighted by Crippen LogP contribution is -2.14. The van der Waals surface area contributed by atoms with Gasteiger partial charge in [-0.1, -0.05) is 12.1 Å². The number of nitrogens with zero attached hydrogens (tertiary/aromatic N) is 3. The standard InChI is InChI=1S/C18H15N5O2/c1-10-16(11(2)21-23-17(10)24)12-3-5-13(6-4-12)25-18-14-9-20-22-15(14)7-8-19-18/h3-9H,1-2H3,(H,20,22)(H,23,24). The molecule has 0 unspecified atom stereocenters. The van der Waals surface area contributed by atoms with Crippen LogP contribution in [0, 0.1) is 13.8 Å². The molecular formula is C18H15N5O2. The van der Waals surface area contributed by atoms with Gasteiger partial charge in [-0.25, -0.2) is 10.1 Å². The number of pyridine rings is 1. The molecule has 3 heterocycles. The molecule has 0 atom stereocenters. The number of rotatable bonds is 3. The van der Waals surface area contributed by atoms with Crippen LogP contribution in [-0.4, -0.2) is 25.4 Å². The first-order valence-electron chi connectivity index (χ1n) is 7.76. The molecule has 0 aliphatic heterocycles. The number of hydrogen-bond donors (Lipinski definition) is 2. The van der Waals surface area contributed by atoms with Crippen molar-refractivity contribution in [3.05, 3.63) is 64.3 Å². The maximum absolute atomic E-state index is 11.8. The van der Waals surface area contributed by atoms with E-state index < -0.39 is 0 Å². The Labute approximate surface area is 142 Å². The van der Waals surface area contributed by atoms with Crippen molar-refractivity contribution in [1.82, 2.24) is 25.4 Å². The number of benzene rings is 1. The van der Waals surface area contributed by atoms with E-state index >= 15 is 0 Å². The third-order valence-electron chi connectivity index (χ3n) is 4.09. The van der Waals surface area contributed by atoms with Crippen LogP contribution in [0.15, 0.2) is 47.5 Å². The molecule has 4 aromatic rings. The number of aryl methyl sites for hydroxylation is 1. The van der Waals surface area contributed by atoms with E-state index in [9.17, 15) is 4.79 Å². The molecule has 1 aromatic carbocycles. The summed E-state index contributed by atoms with van der Waals surface area (Å²) in [5.74, 6) is 1.14. The number of fused-ring (bicyclic) bond motifs is 1. The topological polar surface area (TPSA) is 96.5 Å². The Hall–Kier alpha value is -3.48. The molecule has 0 amide bonds. The fourth-order valence-corrected chi connectivity index (χ4v) is 2.81.